The molecule has 6 heteroatoms. The number of hydrogen-bond acceptors (Lipinski definition) is 4. The van der Waals surface area contributed by atoms with Crippen LogP contribution in [-0.4, -0.2) is 50.1 Å². The van der Waals surface area contributed by atoms with Crippen molar-refractivity contribution >= 4 is 17.5 Å². The maximum absolute atomic E-state index is 12.6. The molecule has 0 atom stereocenters. The molecule has 1 aromatic carbocycles. The van der Waals surface area contributed by atoms with Gasteiger partial charge in [0.2, 0.25) is 11.8 Å². The Morgan fingerprint density at radius 1 is 1.27 bits per heavy atom. The summed E-state index contributed by atoms with van der Waals surface area (Å²) in [5, 5.41) is 2.84. The fourth-order valence-electron chi connectivity index (χ4n) is 2.68. The zero-order valence-corrected chi connectivity index (χ0v) is 12.6. The summed E-state index contributed by atoms with van der Waals surface area (Å²) in [6, 6.07) is 7.14. The molecule has 1 aliphatic heterocycles. The standard InChI is InChI=1S/C16H20N2O4/c1-21-13-4-2-3-12(11-13)17-14(19)16(5-6-16)15(20)18-7-9-22-10-8-18/h2-4,11H,5-10H2,1H3,(H,17,19). The summed E-state index contributed by atoms with van der Waals surface area (Å²) in [6.45, 7) is 2.21. The molecule has 3 rings (SSSR count). The highest BCUT2D eigenvalue weighted by molar-refractivity contribution is 6.13. The molecular formula is C16H20N2O4. The van der Waals surface area contributed by atoms with Gasteiger partial charge < -0.3 is 19.7 Å². The van der Waals surface area contributed by atoms with Crippen LogP contribution < -0.4 is 10.1 Å². The summed E-state index contributed by atoms with van der Waals surface area (Å²) >= 11 is 0. The highest BCUT2D eigenvalue weighted by atomic mass is 16.5. The summed E-state index contributed by atoms with van der Waals surface area (Å²) in [5.74, 6) is 0.371. The first kappa shape index (κ1) is 14.8. The Hall–Kier alpha value is -2.08. The van der Waals surface area contributed by atoms with Crippen molar-refractivity contribution in [3.63, 3.8) is 0 Å². The van der Waals surface area contributed by atoms with Crippen LogP contribution in [0.5, 0.6) is 5.75 Å². The zero-order valence-electron chi connectivity index (χ0n) is 12.6. The van der Waals surface area contributed by atoms with Gasteiger partial charge in [-0.05, 0) is 25.0 Å². The molecule has 1 aliphatic carbocycles. The third kappa shape index (κ3) is 2.78. The molecule has 1 aromatic rings. The molecule has 2 aliphatic rings. The second-order valence-electron chi connectivity index (χ2n) is 5.67. The average Bonchev–Trinajstić information content (AvgIpc) is 3.37. The summed E-state index contributed by atoms with van der Waals surface area (Å²) < 4.78 is 10.4. The minimum absolute atomic E-state index is 0.0730. The lowest BCUT2D eigenvalue weighted by atomic mass is 10.0. The number of carbonyl (C=O) groups is 2. The van der Waals surface area contributed by atoms with Crippen molar-refractivity contribution in [2.75, 3.05) is 38.7 Å². The number of carbonyl (C=O) groups excluding carboxylic acids is 2. The summed E-state index contributed by atoms with van der Waals surface area (Å²) in [7, 11) is 1.57. The number of hydrogen-bond donors (Lipinski definition) is 1. The average molecular weight is 304 g/mol. The van der Waals surface area contributed by atoms with E-state index < -0.39 is 5.41 Å². The van der Waals surface area contributed by atoms with Crippen molar-refractivity contribution in [2.45, 2.75) is 12.8 Å². The highest BCUT2D eigenvalue weighted by Gasteiger charge is 2.58. The Morgan fingerprint density at radius 3 is 2.64 bits per heavy atom. The molecule has 2 amide bonds. The van der Waals surface area contributed by atoms with Gasteiger partial charge in [0.25, 0.3) is 0 Å². The number of nitrogens with zero attached hydrogens (tertiary/aromatic N) is 1. The molecule has 1 N–H and O–H groups in total. The van der Waals surface area contributed by atoms with Gasteiger partial charge in [0.05, 0.1) is 20.3 Å². The topological polar surface area (TPSA) is 67.9 Å². The van der Waals surface area contributed by atoms with Crippen molar-refractivity contribution in [3.05, 3.63) is 24.3 Å². The monoisotopic (exact) mass is 304 g/mol. The quantitative estimate of drug-likeness (QED) is 0.851. The largest absolute Gasteiger partial charge is 0.497 e. The number of rotatable bonds is 4. The molecular weight excluding hydrogens is 284 g/mol. The summed E-state index contributed by atoms with van der Waals surface area (Å²) in [6.07, 6.45) is 1.22. The van der Waals surface area contributed by atoms with E-state index >= 15 is 0 Å². The predicted octanol–water partition coefficient (Wildman–Crippen LogP) is 1.27. The normalized spacial score (nSPS) is 19.4. The lowest BCUT2D eigenvalue weighted by Crippen LogP contribution is -2.47. The molecule has 1 saturated carbocycles. The van der Waals surface area contributed by atoms with Crippen LogP contribution in [0.25, 0.3) is 0 Å². The number of methoxy groups -OCH3 is 1. The van der Waals surface area contributed by atoms with Gasteiger partial charge in [-0.15, -0.1) is 0 Å². The fraction of sp³-hybridized carbons (Fsp3) is 0.500. The van der Waals surface area contributed by atoms with Crippen molar-refractivity contribution in [3.8, 4) is 5.75 Å². The van der Waals surface area contributed by atoms with E-state index in [4.69, 9.17) is 9.47 Å². The number of morpholine rings is 1. The van der Waals surface area contributed by atoms with E-state index in [0.717, 1.165) is 0 Å². The maximum Gasteiger partial charge on any atom is 0.240 e. The molecule has 1 saturated heterocycles. The van der Waals surface area contributed by atoms with E-state index in [0.29, 0.717) is 50.6 Å². The van der Waals surface area contributed by atoms with Gasteiger partial charge in [0.15, 0.2) is 0 Å². The van der Waals surface area contributed by atoms with E-state index in [9.17, 15) is 9.59 Å². The predicted molar refractivity (Wildman–Crippen MR) is 80.7 cm³/mol. The van der Waals surface area contributed by atoms with Crippen LogP contribution in [0.4, 0.5) is 5.69 Å². The molecule has 22 heavy (non-hydrogen) atoms. The van der Waals surface area contributed by atoms with E-state index in [-0.39, 0.29) is 11.8 Å². The van der Waals surface area contributed by atoms with Crippen LogP contribution in [0.2, 0.25) is 0 Å². The lowest BCUT2D eigenvalue weighted by molar-refractivity contribution is -0.145. The van der Waals surface area contributed by atoms with Gasteiger partial charge in [-0.3, -0.25) is 9.59 Å². The zero-order chi connectivity index (χ0) is 15.6. The fourth-order valence-corrected chi connectivity index (χ4v) is 2.68. The first-order valence-corrected chi connectivity index (χ1v) is 7.48. The minimum Gasteiger partial charge on any atom is -0.497 e. The molecule has 0 radical (unpaired) electrons. The second-order valence-corrected chi connectivity index (χ2v) is 5.67. The number of anilines is 1. The molecule has 0 bridgehead atoms. The van der Waals surface area contributed by atoms with E-state index in [1.807, 2.05) is 0 Å². The maximum atomic E-state index is 12.6. The smallest absolute Gasteiger partial charge is 0.240 e. The summed E-state index contributed by atoms with van der Waals surface area (Å²) in [4.78, 5) is 26.9. The third-order valence-electron chi connectivity index (χ3n) is 4.22. The molecule has 2 fully saturated rings. The van der Waals surface area contributed by atoms with Crippen LogP contribution >= 0.6 is 0 Å². The number of amides is 2. The number of benzene rings is 1. The van der Waals surface area contributed by atoms with Crippen LogP contribution in [0.15, 0.2) is 24.3 Å². The number of nitrogens with one attached hydrogen (secondary N) is 1. The van der Waals surface area contributed by atoms with E-state index in [1.54, 1.807) is 36.3 Å². The van der Waals surface area contributed by atoms with E-state index in [2.05, 4.69) is 5.32 Å². The Labute approximate surface area is 129 Å². The summed E-state index contributed by atoms with van der Waals surface area (Å²) in [5.41, 5.74) is -0.245. The van der Waals surface area contributed by atoms with Gasteiger partial charge in [0.1, 0.15) is 11.2 Å². The molecule has 0 spiro atoms. The molecule has 0 unspecified atom stereocenters. The Kier molecular flexibility index (Phi) is 4.02. The van der Waals surface area contributed by atoms with Crippen LogP contribution in [0, 0.1) is 5.41 Å². The molecule has 0 aromatic heterocycles. The lowest BCUT2D eigenvalue weighted by Gasteiger charge is -2.30. The van der Waals surface area contributed by atoms with Crippen LogP contribution in [-0.2, 0) is 14.3 Å². The van der Waals surface area contributed by atoms with Crippen molar-refractivity contribution in [2.24, 2.45) is 5.41 Å². The van der Waals surface area contributed by atoms with Crippen molar-refractivity contribution in [1.82, 2.24) is 4.90 Å². The third-order valence-corrected chi connectivity index (χ3v) is 4.22. The van der Waals surface area contributed by atoms with Gasteiger partial charge in [0, 0.05) is 24.8 Å². The molecule has 6 nitrogen and oxygen atoms in total. The van der Waals surface area contributed by atoms with Crippen LogP contribution in [0.1, 0.15) is 12.8 Å². The van der Waals surface area contributed by atoms with Crippen LogP contribution in [0.3, 0.4) is 0 Å². The SMILES string of the molecule is COc1cccc(NC(=O)C2(C(=O)N3CCOCC3)CC2)c1. The minimum atomic E-state index is -0.888. The molecule has 118 valence electrons. The van der Waals surface area contributed by atoms with Gasteiger partial charge in [-0.25, -0.2) is 0 Å². The first-order chi connectivity index (χ1) is 10.7. The Morgan fingerprint density at radius 2 is 2.00 bits per heavy atom. The van der Waals surface area contributed by atoms with Crippen molar-refractivity contribution in [1.29, 1.82) is 0 Å². The first-order valence-electron chi connectivity index (χ1n) is 7.48. The Balaban J connectivity index is 1.69. The highest BCUT2D eigenvalue weighted by Crippen LogP contribution is 2.48. The second kappa shape index (κ2) is 5.96. The molecule has 1 heterocycles. The number of ether oxygens (including phenoxy) is 2. The van der Waals surface area contributed by atoms with Crippen molar-refractivity contribution < 1.29 is 19.1 Å². The van der Waals surface area contributed by atoms with E-state index in [1.165, 1.54) is 0 Å². The van der Waals surface area contributed by atoms with Gasteiger partial charge in [-0.2, -0.15) is 0 Å². The van der Waals surface area contributed by atoms with Gasteiger partial charge >= 0.3 is 0 Å². The Bertz CT molecular complexity index is 577. The van der Waals surface area contributed by atoms with Gasteiger partial charge in [-0.1, -0.05) is 6.07 Å².